The molecule has 3 rings (SSSR count). The summed E-state index contributed by atoms with van der Waals surface area (Å²) < 4.78 is 15.6. The monoisotopic (exact) mass is 329 g/mol. The van der Waals surface area contributed by atoms with Gasteiger partial charge in [-0.1, -0.05) is 18.0 Å². The van der Waals surface area contributed by atoms with Gasteiger partial charge in [-0.2, -0.15) is 0 Å². The van der Waals surface area contributed by atoms with Crippen LogP contribution in [0.3, 0.4) is 0 Å². The van der Waals surface area contributed by atoms with Gasteiger partial charge < -0.3 is 9.47 Å². The fraction of sp³-hybridized carbons (Fsp3) is 0.533. The molecule has 0 unspecified atom stereocenters. The van der Waals surface area contributed by atoms with Crippen LogP contribution in [0.2, 0.25) is 5.02 Å². The van der Waals surface area contributed by atoms with E-state index in [1.165, 1.54) is 25.3 Å². The van der Waals surface area contributed by atoms with Gasteiger partial charge in [0.2, 0.25) is 0 Å². The van der Waals surface area contributed by atoms with Gasteiger partial charge in [0.05, 0.1) is 21.9 Å². The lowest BCUT2D eigenvalue weighted by atomic mass is 10.1. The lowest BCUT2D eigenvalue weighted by Crippen LogP contribution is -2.32. The molecule has 2 aromatic rings. The van der Waals surface area contributed by atoms with Crippen molar-refractivity contribution in [2.24, 2.45) is 0 Å². The smallest absolute Gasteiger partial charge is 0.144 e. The second-order valence-corrected chi connectivity index (χ2v) is 6.15. The van der Waals surface area contributed by atoms with Gasteiger partial charge in [-0.3, -0.25) is 0 Å². The number of nitrogens with zero attached hydrogens (tertiary/aromatic N) is 3. The van der Waals surface area contributed by atoms with Gasteiger partial charge in [0, 0.05) is 19.2 Å². The van der Waals surface area contributed by atoms with Gasteiger partial charge in [-0.25, -0.2) is 9.37 Å². The second-order valence-electron chi connectivity index (χ2n) is 5.47. The molecule has 3 nitrogen and oxygen atoms in total. The summed E-state index contributed by atoms with van der Waals surface area (Å²) in [6, 6.07) is 3.02. The Morgan fingerprint density at radius 1 is 1.14 bits per heavy atom. The SMILES string of the molecule is Fc1cc2nc(CCl)n(CCN3CCCCC3)c2cc1Cl. The zero-order valence-corrected chi connectivity index (χ0v) is 13.3. The summed E-state index contributed by atoms with van der Waals surface area (Å²) in [5.41, 5.74) is 1.47. The van der Waals surface area contributed by atoms with Crippen molar-refractivity contribution < 1.29 is 4.39 Å². The van der Waals surface area contributed by atoms with Gasteiger partial charge in [0.15, 0.2) is 0 Å². The minimum Gasteiger partial charge on any atom is -0.326 e. The molecule has 114 valence electrons. The molecule has 0 radical (unpaired) electrons. The molecular formula is C15H18Cl2FN3. The van der Waals surface area contributed by atoms with Crippen LogP contribution in [-0.2, 0) is 12.4 Å². The van der Waals surface area contributed by atoms with E-state index in [0.717, 1.165) is 37.5 Å². The molecule has 0 spiro atoms. The Morgan fingerprint density at radius 3 is 2.62 bits per heavy atom. The summed E-state index contributed by atoms with van der Waals surface area (Å²) in [7, 11) is 0. The normalized spacial score (nSPS) is 16.7. The third-order valence-electron chi connectivity index (χ3n) is 4.08. The highest BCUT2D eigenvalue weighted by Crippen LogP contribution is 2.24. The molecule has 2 heterocycles. The number of halogens is 3. The summed E-state index contributed by atoms with van der Waals surface area (Å²) in [6.45, 7) is 4.07. The van der Waals surface area contributed by atoms with Crippen LogP contribution in [0.15, 0.2) is 12.1 Å². The highest BCUT2D eigenvalue weighted by molar-refractivity contribution is 6.31. The van der Waals surface area contributed by atoms with Crippen LogP contribution in [0.4, 0.5) is 4.39 Å². The first-order valence-electron chi connectivity index (χ1n) is 7.31. The first-order valence-corrected chi connectivity index (χ1v) is 8.23. The molecule has 1 aromatic carbocycles. The number of likely N-dealkylation sites (tertiary alicyclic amines) is 1. The molecule has 1 fully saturated rings. The van der Waals surface area contributed by atoms with Crippen LogP contribution >= 0.6 is 23.2 Å². The molecule has 0 N–H and O–H groups in total. The molecule has 0 atom stereocenters. The van der Waals surface area contributed by atoms with Crippen LogP contribution in [0.1, 0.15) is 25.1 Å². The molecule has 0 aliphatic carbocycles. The topological polar surface area (TPSA) is 21.1 Å². The number of hydrogen-bond acceptors (Lipinski definition) is 2. The second kappa shape index (κ2) is 6.51. The van der Waals surface area contributed by atoms with Gasteiger partial charge in [-0.15, -0.1) is 11.6 Å². The van der Waals surface area contributed by atoms with E-state index in [-0.39, 0.29) is 5.02 Å². The zero-order valence-electron chi connectivity index (χ0n) is 11.8. The summed E-state index contributed by atoms with van der Waals surface area (Å²) >= 11 is 11.9. The van der Waals surface area contributed by atoms with E-state index in [4.69, 9.17) is 23.2 Å². The molecule has 0 bridgehead atoms. The summed E-state index contributed by atoms with van der Waals surface area (Å²) in [6.07, 6.45) is 3.86. The number of benzene rings is 1. The van der Waals surface area contributed by atoms with Crippen molar-refractivity contribution in [3.05, 3.63) is 28.8 Å². The van der Waals surface area contributed by atoms with Gasteiger partial charge in [0.1, 0.15) is 11.6 Å². The van der Waals surface area contributed by atoms with Crippen LogP contribution < -0.4 is 0 Å². The highest BCUT2D eigenvalue weighted by Gasteiger charge is 2.15. The molecule has 1 saturated heterocycles. The first-order chi connectivity index (χ1) is 10.2. The van der Waals surface area contributed by atoms with E-state index in [9.17, 15) is 4.39 Å². The van der Waals surface area contributed by atoms with Crippen LogP contribution in [0.5, 0.6) is 0 Å². The molecule has 21 heavy (non-hydrogen) atoms. The van der Waals surface area contributed by atoms with Crippen molar-refractivity contribution in [2.45, 2.75) is 31.7 Å². The maximum absolute atomic E-state index is 13.5. The Morgan fingerprint density at radius 2 is 1.90 bits per heavy atom. The van der Waals surface area contributed by atoms with E-state index in [0.29, 0.717) is 11.4 Å². The maximum Gasteiger partial charge on any atom is 0.144 e. The van der Waals surface area contributed by atoms with Crippen molar-refractivity contribution >= 4 is 34.2 Å². The third-order valence-corrected chi connectivity index (χ3v) is 4.61. The summed E-state index contributed by atoms with van der Waals surface area (Å²) in [4.78, 5) is 6.87. The Labute approximate surface area is 133 Å². The largest absolute Gasteiger partial charge is 0.326 e. The molecule has 1 aromatic heterocycles. The Kier molecular flexibility index (Phi) is 4.67. The van der Waals surface area contributed by atoms with Gasteiger partial charge in [-0.05, 0) is 32.0 Å². The van der Waals surface area contributed by atoms with Crippen molar-refractivity contribution in [3.8, 4) is 0 Å². The first kappa shape index (κ1) is 15.1. The zero-order chi connectivity index (χ0) is 14.8. The third kappa shape index (κ3) is 3.17. The number of fused-ring (bicyclic) bond motifs is 1. The van der Waals surface area contributed by atoms with Crippen molar-refractivity contribution in [2.75, 3.05) is 19.6 Å². The van der Waals surface area contributed by atoms with Crippen LogP contribution in [-0.4, -0.2) is 34.1 Å². The average molecular weight is 330 g/mol. The number of imidazole rings is 1. The van der Waals surface area contributed by atoms with E-state index in [1.807, 2.05) is 0 Å². The number of aromatic nitrogens is 2. The molecule has 0 saturated carbocycles. The molecular weight excluding hydrogens is 312 g/mol. The fourth-order valence-electron chi connectivity index (χ4n) is 2.95. The molecule has 6 heteroatoms. The predicted molar refractivity (Wildman–Crippen MR) is 84.5 cm³/mol. The molecule has 0 amide bonds. The van der Waals surface area contributed by atoms with E-state index in [2.05, 4.69) is 14.5 Å². The fourth-order valence-corrected chi connectivity index (χ4v) is 3.31. The average Bonchev–Trinajstić information content (AvgIpc) is 2.83. The number of piperidine rings is 1. The maximum atomic E-state index is 13.5. The Bertz CT molecular complexity index is 635. The van der Waals surface area contributed by atoms with Crippen LogP contribution in [0, 0.1) is 5.82 Å². The molecule has 1 aliphatic rings. The lowest BCUT2D eigenvalue weighted by molar-refractivity contribution is 0.221. The Balaban J connectivity index is 1.86. The predicted octanol–water partition coefficient (Wildman–Crippen LogP) is 4.05. The Hall–Kier alpha value is -0.840. The van der Waals surface area contributed by atoms with Crippen LogP contribution in [0.25, 0.3) is 11.0 Å². The quantitative estimate of drug-likeness (QED) is 0.789. The summed E-state index contributed by atoms with van der Waals surface area (Å²) in [5, 5.41) is 0.128. The molecule has 1 aliphatic heterocycles. The number of hydrogen-bond donors (Lipinski definition) is 0. The lowest BCUT2D eigenvalue weighted by Gasteiger charge is -2.26. The van der Waals surface area contributed by atoms with Crippen molar-refractivity contribution in [1.82, 2.24) is 14.5 Å². The summed E-state index contributed by atoms with van der Waals surface area (Å²) in [5.74, 6) is 0.643. The highest BCUT2D eigenvalue weighted by atomic mass is 35.5. The number of rotatable bonds is 4. The standard InChI is InChI=1S/C15H18Cl2FN3/c16-10-15-19-13-9-12(18)11(17)8-14(13)21(15)7-6-20-4-2-1-3-5-20/h8-9H,1-7,10H2. The van der Waals surface area contributed by atoms with Crippen molar-refractivity contribution in [1.29, 1.82) is 0 Å². The van der Waals surface area contributed by atoms with Crippen molar-refractivity contribution in [3.63, 3.8) is 0 Å². The van der Waals surface area contributed by atoms with E-state index in [1.54, 1.807) is 6.07 Å². The van der Waals surface area contributed by atoms with Gasteiger partial charge >= 0.3 is 0 Å². The van der Waals surface area contributed by atoms with E-state index >= 15 is 0 Å². The van der Waals surface area contributed by atoms with Gasteiger partial charge in [0.25, 0.3) is 0 Å². The minimum absolute atomic E-state index is 0.128. The number of alkyl halides is 1. The van der Waals surface area contributed by atoms with E-state index < -0.39 is 5.82 Å². The minimum atomic E-state index is -0.439.